The number of aromatic nitrogens is 5. The Morgan fingerprint density at radius 3 is 3.08 bits per heavy atom. The first kappa shape index (κ1) is 15.7. The average Bonchev–Trinajstić information content (AvgIpc) is 3.26. The second kappa shape index (κ2) is 6.57. The van der Waals surface area contributed by atoms with Gasteiger partial charge in [0.1, 0.15) is 5.69 Å². The van der Waals surface area contributed by atoms with E-state index in [1.165, 1.54) is 0 Å². The van der Waals surface area contributed by atoms with Crippen molar-refractivity contribution in [3.63, 3.8) is 0 Å². The van der Waals surface area contributed by atoms with Gasteiger partial charge in [-0.1, -0.05) is 18.1 Å². The number of fused-ring (bicyclic) bond motifs is 2. The van der Waals surface area contributed by atoms with Crippen LogP contribution in [0, 0.1) is 11.8 Å². The van der Waals surface area contributed by atoms with Crippen molar-refractivity contribution in [2.24, 2.45) is 0 Å². The third-order valence-electron chi connectivity index (χ3n) is 3.79. The molecule has 0 unspecified atom stereocenters. The third kappa shape index (κ3) is 2.93. The number of anilines is 1. The van der Waals surface area contributed by atoms with Crippen molar-refractivity contribution in [1.29, 1.82) is 0 Å². The van der Waals surface area contributed by atoms with Crippen molar-refractivity contribution < 1.29 is 4.79 Å². The predicted molar refractivity (Wildman–Crippen MR) is 97.3 cm³/mol. The van der Waals surface area contributed by atoms with Crippen LogP contribution in [0.5, 0.6) is 0 Å². The van der Waals surface area contributed by atoms with Crippen LogP contribution in [-0.4, -0.2) is 37.0 Å². The van der Waals surface area contributed by atoms with Crippen LogP contribution in [0.2, 0.25) is 0 Å². The van der Waals surface area contributed by atoms with Crippen LogP contribution in [0.15, 0.2) is 42.7 Å². The standard InChI is InChI=1S/C18H15N7O/c19-13-8-10-22-25-12(11-21-17(13)25)5-3-4-9-20-18(26)16-23-14-6-1-2-7-15(14)24-16/h1-2,6-8,10-11H,4,9,19H2,(H,20,26)(H,23,24). The molecule has 0 bridgehead atoms. The minimum atomic E-state index is -0.257. The number of aromatic amines is 1. The molecule has 0 atom stereocenters. The van der Waals surface area contributed by atoms with Crippen LogP contribution in [0.4, 0.5) is 5.69 Å². The Labute approximate surface area is 148 Å². The van der Waals surface area contributed by atoms with Crippen LogP contribution in [-0.2, 0) is 0 Å². The summed E-state index contributed by atoms with van der Waals surface area (Å²) in [4.78, 5) is 23.6. The van der Waals surface area contributed by atoms with E-state index in [2.05, 4.69) is 37.2 Å². The Bertz CT molecular complexity index is 1130. The van der Waals surface area contributed by atoms with Crippen LogP contribution in [0.3, 0.4) is 0 Å². The van der Waals surface area contributed by atoms with Gasteiger partial charge in [0.15, 0.2) is 11.5 Å². The van der Waals surface area contributed by atoms with E-state index in [0.717, 1.165) is 11.0 Å². The minimum Gasteiger partial charge on any atom is -0.396 e. The summed E-state index contributed by atoms with van der Waals surface area (Å²) in [5.74, 6) is 6.02. The predicted octanol–water partition coefficient (Wildman–Crippen LogP) is 1.36. The first-order valence-electron chi connectivity index (χ1n) is 8.02. The fraction of sp³-hybridized carbons (Fsp3) is 0.111. The van der Waals surface area contributed by atoms with Crippen molar-refractivity contribution in [1.82, 2.24) is 29.9 Å². The highest BCUT2D eigenvalue weighted by Gasteiger charge is 2.10. The fourth-order valence-electron chi connectivity index (χ4n) is 2.54. The second-order valence-electron chi connectivity index (χ2n) is 5.58. The Hall–Kier alpha value is -3.86. The lowest BCUT2D eigenvalue weighted by Gasteiger charge is -1.98. The molecule has 4 N–H and O–H groups in total. The van der Waals surface area contributed by atoms with Gasteiger partial charge in [-0.2, -0.15) is 5.10 Å². The minimum absolute atomic E-state index is 0.257. The maximum absolute atomic E-state index is 12.1. The zero-order valence-electron chi connectivity index (χ0n) is 13.7. The molecule has 4 aromatic rings. The average molecular weight is 345 g/mol. The lowest BCUT2D eigenvalue weighted by molar-refractivity contribution is 0.0945. The molecule has 0 aliphatic heterocycles. The normalized spacial score (nSPS) is 10.6. The number of imidazole rings is 2. The highest BCUT2D eigenvalue weighted by atomic mass is 16.2. The van der Waals surface area contributed by atoms with Crippen LogP contribution < -0.4 is 11.1 Å². The van der Waals surface area contributed by atoms with E-state index in [1.54, 1.807) is 23.0 Å². The zero-order chi connectivity index (χ0) is 17.9. The third-order valence-corrected chi connectivity index (χ3v) is 3.79. The summed E-state index contributed by atoms with van der Waals surface area (Å²) in [6.07, 6.45) is 3.71. The number of benzene rings is 1. The van der Waals surface area contributed by atoms with Crippen molar-refractivity contribution >= 4 is 28.3 Å². The number of carbonyl (C=O) groups is 1. The van der Waals surface area contributed by atoms with E-state index in [1.807, 2.05) is 24.3 Å². The summed E-state index contributed by atoms with van der Waals surface area (Å²) in [5, 5.41) is 6.97. The van der Waals surface area contributed by atoms with Gasteiger partial charge in [-0.25, -0.2) is 14.5 Å². The van der Waals surface area contributed by atoms with Crippen LogP contribution in [0.1, 0.15) is 22.7 Å². The monoisotopic (exact) mass is 345 g/mol. The summed E-state index contributed by atoms with van der Waals surface area (Å²) in [7, 11) is 0. The number of amides is 1. The molecular weight excluding hydrogens is 330 g/mol. The summed E-state index contributed by atoms with van der Waals surface area (Å²) in [6.45, 7) is 0.412. The number of carbonyl (C=O) groups excluding carboxylic acids is 1. The van der Waals surface area contributed by atoms with Crippen molar-refractivity contribution in [3.8, 4) is 11.8 Å². The van der Waals surface area contributed by atoms with Gasteiger partial charge in [0.25, 0.3) is 5.91 Å². The number of nitrogens with zero attached hydrogens (tertiary/aromatic N) is 4. The first-order chi connectivity index (χ1) is 12.7. The zero-order valence-corrected chi connectivity index (χ0v) is 13.7. The highest BCUT2D eigenvalue weighted by Crippen LogP contribution is 2.11. The van der Waals surface area contributed by atoms with Crippen molar-refractivity contribution in [2.75, 3.05) is 12.3 Å². The topological polar surface area (TPSA) is 114 Å². The van der Waals surface area contributed by atoms with E-state index < -0.39 is 0 Å². The quantitative estimate of drug-likeness (QED) is 0.383. The number of nitrogens with one attached hydrogen (secondary N) is 2. The number of hydrogen-bond donors (Lipinski definition) is 3. The van der Waals surface area contributed by atoms with Gasteiger partial charge in [-0.15, -0.1) is 0 Å². The van der Waals surface area contributed by atoms with E-state index in [0.29, 0.717) is 35.8 Å². The molecule has 26 heavy (non-hydrogen) atoms. The summed E-state index contributed by atoms with van der Waals surface area (Å²) in [5.41, 5.74) is 9.20. The Kier molecular flexibility index (Phi) is 3.95. The smallest absolute Gasteiger partial charge is 0.287 e. The van der Waals surface area contributed by atoms with Crippen LogP contribution >= 0.6 is 0 Å². The Morgan fingerprint density at radius 1 is 1.31 bits per heavy atom. The molecule has 1 amide bonds. The molecule has 0 saturated heterocycles. The molecule has 0 saturated carbocycles. The molecule has 0 radical (unpaired) electrons. The van der Waals surface area contributed by atoms with Gasteiger partial charge in [-0.05, 0) is 24.1 Å². The lowest BCUT2D eigenvalue weighted by Crippen LogP contribution is -2.25. The molecule has 0 fully saturated rings. The van der Waals surface area contributed by atoms with E-state index in [9.17, 15) is 4.79 Å². The number of nitrogen functional groups attached to an aromatic ring is 1. The van der Waals surface area contributed by atoms with Gasteiger partial charge in [0.2, 0.25) is 0 Å². The molecule has 0 aliphatic carbocycles. The fourth-order valence-corrected chi connectivity index (χ4v) is 2.54. The van der Waals surface area contributed by atoms with Crippen molar-refractivity contribution in [3.05, 3.63) is 54.2 Å². The van der Waals surface area contributed by atoms with E-state index in [4.69, 9.17) is 5.73 Å². The van der Waals surface area contributed by atoms with E-state index in [-0.39, 0.29) is 5.91 Å². The molecular formula is C18H15N7O. The maximum Gasteiger partial charge on any atom is 0.287 e. The molecule has 4 rings (SSSR count). The molecule has 128 valence electrons. The summed E-state index contributed by atoms with van der Waals surface area (Å²) >= 11 is 0. The largest absolute Gasteiger partial charge is 0.396 e. The summed E-state index contributed by atoms with van der Waals surface area (Å²) in [6, 6.07) is 9.18. The number of hydrogen-bond acceptors (Lipinski definition) is 5. The maximum atomic E-state index is 12.1. The molecule has 8 heteroatoms. The van der Waals surface area contributed by atoms with Gasteiger partial charge in [0.05, 0.1) is 29.1 Å². The Balaban J connectivity index is 1.37. The molecule has 0 spiro atoms. The van der Waals surface area contributed by atoms with E-state index >= 15 is 0 Å². The number of para-hydroxylation sites is 2. The second-order valence-corrected chi connectivity index (χ2v) is 5.58. The van der Waals surface area contributed by atoms with Crippen LogP contribution in [0.25, 0.3) is 16.7 Å². The lowest BCUT2D eigenvalue weighted by atomic mass is 10.3. The van der Waals surface area contributed by atoms with Crippen molar-refractivity contribution in [2.45, 2.75) is 6.42 Å². The Morgan fingerprint density at radius 2 is 2.19 bits per heavy atom. The number of nitrogens with two attached hydrogens (primary N) is 1. The molecule has 1 aromatic carbocycles. The molecule has 3 heterocycles. The SMILES string of the molecule is Nc1ccnn2c(C#CCCNC(=O)c3nc4ccccc4[nH]3)cnc12. The first-order valence-corrected chi connectivity index (χ1v) is 8.02. The number of H-pyrrole nitrogens is 1. The molecule has 3 aromatic heterocycles. The van der Waals surface area contributed by atoms with Gasteiger partial charge in [0, 0.05) is 13.0 Å². The molecule has 8 nitrogen and oxygen atoms in total. The summed E-state index contributed by atoms with van der Waals surface area (Å²) < 4.78 is 1.59. The van der Waals surface area contributed by atoms with Gasteiger partial charge < -0.3 is 16.0 Å². The molecule has 0 aliphatic rings. The highest BCUT2D eigenvalue weighted by molar-refractivity contribution is 5.94. The van der Waals surface area contributed by atoms with Gasteiger partial charge in [-0.3, -0.25) is 4.79 Å². The number of rotatable bonds is 3. The van der Waals surface area contributed by atoms with Gasteiger partial charge >= 0.3 is 0 Å².